The number of ether oxygens (including phenoxy) is 1. The number of hydrogen-bond acceptors (Lipinski definition) is 3. The van der Waals surface area contributed by atoms with Crippen LogP contribution in [0, 0.1) is 11.3 Å². The molecule has 1 unspecified atom stereocenters. The molecule has 0 amide bonds. The van der Waals surface area contributed by atoms with Gasteiger partial charge in [-0.25, -0.2) is 0 Å². The summed E-state index contributed by atoms with van der Waals surface area (Å²) in [5.74, 6) is 0.989. The van der Waals surface area contributed by atoms with E-state index in [4.69, 9.17) is 4.74 Å². The maximum Gasteiger partial charge on any atom is 0.0547 e. The van der Waals surface area contributed by atoms with E-state index in [-0.39, 0.29) is 0 Å². The zero-order valence-corrected chi connectivity index (χ0v) is 11.5. The van der Waals surface area contributed by atoms with Crippen LogP contribution in [-0.2, 0) is 4.74 Å². The first-order chi connectivity index (χ1) is 8.24. The Morgan fingerprint density at radius 2 is 2.24 bits per heavy atom. The minimum atomic E-state index is 0.374. The summed E-state index contributed by atoms with van der Waals surface area (Å²) >= 11 is 0. The van der Waals surface area contributed by atoms with Crippen molar-refractivity contribution in [3.05, 3.63) is 0 Å². The first-order valence-electron chi connectivity index (χ1n) is 7.21. The van der Waals surface area contributed by atoms with Gasteiger partial charge in [-0.1, -0.05) is 6.92 Å². The Morgan fingerprint density at radius 3 is 2.82 bits per heavy atom. The lowest BCUT2D eigenvalue weighted by Crippen LogP contribution is -2.44. The van der Waals surface area contributed by atoms with Crippen LogP contribution in [0.3, 0.4) is 0 Å². The van der Waals surface area contributed by atoms with E-state index in [1.54, 1.807) is 0 Å². The van der Waals surface area contributed by atoms with Gasteiger partial charge >= 0.3 is 0 Å². The van der Waals surface area contributed by atoms with Crippen molar-refractivity contribution in [3.8, 4) is 0 Å². The van der Waals surface area contributed by atoms with Crippen LogP contribution in [0.15, 0.2) is 0 Å². The third-order valence-corrected chi connectivity index (χ3v) is 3.98. The smallest absolute Gasteiger partial charge is 0.0547 e. The number of rotatable bonds is 8. The predicted octanol–water partition coefficient (Wildman–Crippen LogP) is 1.73. The Bertz CT molecular complexity index is 222. The van der Waals surface area contributed by atoms with E-state index < -0.39 is 0 Å². The van der Waals surface area contributed by atoms with Gasteiger partial charge in [0.05, 0.1) is 6.61 Å². The van der Waals surface area contributed by atoms with Crippen molar-refractivity contribution in [2.75, 3.05) is 46.4 Å². The Kier molecular flexibility index (Phi) is 4.83. The van der Waals surface area contributed by atoms with Crippen molar-refractivity contribution in [1.29, 1.82) is 0 Å². The normalized spacial score (nSPS) is 29.1. The molecule has 2 rings (SSSR count). The first kappa shape index (κ1) is 13.3. The molecule has 1 aliphatic carbocycles. The summed E-state index contributed by atoms with van der Waals surface area (Å²) in [5.41, 5.74) is 0.374. The van der Waals surface area contributed by atoms with Crippen LogP contribution in [-0.4, -0.2) is 51.3 Å². The van der Waals surface area contributed by atoms with Gasteiger partial charge < -0.3 is 15.0 Å². The fourth-order valence-electron chi connectivity index (χ4n) is 2.88. The van der Waals surface area contributed by atoms with Crippen molar-refractivity contribution in [3.63, 3.8) is 0 Å². The fourth-order valence-corrected chi connectivity index (χ4v) is 2.88. The van der Waals surface area contributed by atoms with Gasteiger partial charge in [0.15, 0.2) is 0 Å². The molecule has 2 fully saturated rings. The Hall–Kier alpha value is -0.120. The van der Waals surface area contributed by atoms with Crippen molar-refractivity contribution in [1.82, 2.24) is 10.2 Å². The minimum Gasteiger partial charge on any atom is -0.381 e. The van der Waals surface area contributed by atoms with Gasteiger partial charge in [-0.05, 0) is 45.2 Å². The second kappa shape index (κ2) is 6.17. The van der Waals surface area contributed by atoms with Crippen LogP contribution in [0.25, 0.3) is 0 Å². The standard InChI is InChI=1S/C14H28N2O/c1-3-7-15-10-14(6-8-17-12-14)11-16(2)9-13-4-5-13/h13,15H,3-12H2,1-2H3. The van der Waals surface area contributed by atoms with Crippen LogP contribution >= 0.6 is 0 Å². The molecule has 1 N–H and O–H groups in total. The predicted molar refractivity (Wildman–Crippen MR) is 71.3 cm³/mol. The molecule has 100 valence electrons. The van der Waals surface area contributed by atoms with Crippen LogP contribution in [0.2, 0.25) is 0 Å². The van der Waals surface area contributed by atoms with Crippen LogP contribution in [0.5, 0.6) is 0 Å². The number of nitrogens with zero attached hydrogens (tertiary/aromatic N) is 1. The minimum absolute atomic E-state index is 0.374. The SMILES string of the molecule is CCCNCC1(CN(C)CC2CC2)CCOC1. The quantitative estimate of drug-likeness (QED) is 0.654. The highest BCUT2D eigenvalue weighted by molar-refractivity contribution is 4.89. The molecule has 3 nitrogen and oxygen atoms in total. The van der Waals surface area contributed by atoms with E-state index >= 15 is 0 Å². The fraction of sp³-hybridized carbons (Fsp3) is 1.00. The second-order valence-electron chi connectivity index (χ2n) is 6.12. The molecule has 0 spiro atoms. The van der Waals surface area contributed by atoms with E-state index in [1.807, 2.05) is 0 Å². The average Bonchev–Trinajstić information content (AvgIpc) is 2.98. The summed E-state index contributed by atoms with van der Waals surface area (Å²) in [7, 11) is 2.28. The molecule has 2 aliphatic rings. The zero-order chi connectivity index (χ0) is 12.1. The highest BCUT2D eigenvalue weighted by atomic mass is 16.5. The maximum absolute atomic E-state index is 5.65. The molecule has 0 aromatic carbocycles. The third-order valence-electron chi connectivity index (χ3n) is 3.98. The lowest BCUT2D eigenvalue weighted by molar-refractivity contribution is 0.117. The average molecular weight is 240 g/mol. The molecule has 0 aromatic heterocycles. The topological polar surface area (TPSA) is 24.5 Å². The van der Waals surface area contributed by atoms with E-state index in [1.165, 1.54) is 38.8 Å². The van der Waals surface area contributed by atoms with Gasteiger partial charge in [0, 0.05) is 31.7 Å². The Balaban J connectivity index is 1.77. The summed E-state index contributed by atoms with van der Waals surface area (Å²) in [5, 5.41) is 3.59. The molecule has 3 heteroatoms. The molecule has 1 aliphatic heterocycles. The van der Waals surface area contributed by atoms with Gasteiger partial charge in [-0.15, -0.1) is 0 Å². The molecular formula is C14H28N2O. The van der Waals surface area contributed by atoms with Crippen molar-refractivity contribution in [2.24, 2.45) is 11.3 Å². The first-order valence-corrected chi connectivity index (χ1v) is 7.21. The summed E-state index contributed by atoms with van der Waals surface area (Å²) in [6, 6.07) is 0. The van der Waals surface area contributed by atoms with Gasteiger partial charge in [0.1, 0.15) is 0 Å². The lowest BCUT2D eigenvalue weighted by Gasteiger charge is -2.32. The van der Waals surface area contributed by atoms with E-state index in [9.17, 15) is 0 Å². The monoisotopic (exact) mass is 240 g/mol. The Morgan fingerprint density at radius 1 is 1.41 bits per heavy atom. The molecule has 17 heavy (non-hydrogen) atoms. The molecular weight excluding hydrogens is 212 g/mol. The number of hydrogen-bond donors (Lipinski definition) is 1. The van der Waals surface area contributed by atoms with E-state index in [2.05, 4.69) is 24.2 Å². The lowest BCUT2D eigenvalue weighted by atomic mass is 9.86. The molecule has 1 atom stereocenters. The number of nitrogens with one attached hydrogen (secondary N) is 1. The van der Waals surface area contributed by atoms with E-state index in [0.717, 1.165) is 32.2 Å². The zero-order valence-electron chi connectivity index (χ0n) is 11.5. The molecule has 0 aromatic rings. The van der Waals surface area contributed by atoms with Gasteiger partial charge in [0.25, 0.3) is 0 Å². The molecule has 1 saturated heterocycles. The summed E-state index contributed by atoms with van der Waals surface area (Å²) in [4.78, 5) is 2.53. The van der Waals surface area contributed by atoms with Gasteiger partial charge in [-0.2, -0.15) is 0 Å². The van der Waals surface area contributed by atoms with E-state index in [0.29, 0.717) is 5.41 Å². The third kappa shape index (κ3) is 4.23. The highest BCUT2D eigenvalue weighted by Crippen LogP contribution is 2.32. The molecule has 1 heterocycles. The second-order valence-corrected chi connectivity index (χ2v) is 6.12. The van der Waals surface area contributed by atoms with Crippen molar-refractivity contribution in [2.45, 2.75) is 32.6 Å². The van der Waals surface area contributed by atoms with Crippen LogP contribution in [0.1, 0.15) is 32.6 Å². The summed E-state index contributed by atoms with van der Waals surface area (Å²) in [6.07, 6.45) is 5.33. The van der Waals surface area contributed by atoms with Crippen LogP contribution < -0.4 is 5.32 Å². The van der Waals surface area contributed by atoms with Crippen molar-refractivity contribution >= 4 is 0 Å². The molecule has 1 saturated carbocycles. The highest BCUT2D eigenvalue weighted by Gasteiger charge is 2.36. The Labute approximate surface area is 106 Å². The molecule has 0 radical (unpaired) electrons. The van der Waals surface area contributed by atoms with Crippen LogP contribution in [0.4, 0.5) is 0 Å². The summed E-state index contributed by atoms with van der Waals surface area (Å²) < 4.78 is 5.65. The van der Waals surface area contributed by atoms with Gasteiger partial charge in [0.2, 0.25) is 0 Å². The largest absolute Gasteiger partial charge is 0.381 e. The molecule has 0 bridgehead atoms. The maximum atomic E-state index is 5.65. The van der Waals surface area contributed by atoms with Crippen molar-refractivity contribution < 1.29 is 4.74 Å². The van der Waals surface area contributed by atoms with Gasteiger partial charge in [-0.3, -0.25) is 0 Å². The summed E-state index contributed by atoms with van der Waals surface area (Å²) in [6.45, 7) is 8.85.